The van der Waals surface area contributed by atoms with Crippen molar-refractivity contribution < 1.29 is 69.8 Å². The molecule has 0 aliphatic heterocycles. The first-order chi connectivity index (χ1) is 8.27. The molecule has 9 nitrogen and oxygen atoms in total. The molecule has 12 heteroatoms. The van der Waals surface area contributed by atoms with Crippen molar-refractivity contribution in [2.45, 2.75) is 39.5 Å². The minimum absolute atomic E-state index is 0. The minimum atomic E-state index is -5.14. The maximum atomic E-state index is 8.66. The maximum absolute atomic E-state index is 8.66. The van der Waals surface area contributed by atoms with Crippen LogP contribution in [0.3, 0.4) is 0 Å². The Kier molecular flexibility index (Phi) is 23.9. The Hall–Kier alpha value is 1.06. The molecule has 0 aromatic carbocycles. The molecule has 0 bridgehead atoms. The number of phosphoric acid groups is 2. The largest absolute Gasteiger partial charge is 4.00 e. The number of aliphatic hydroxyl groups is 1. The molecule has 0 amide bonds. The SMILES string of the molecule is CC(C)CCCCCO.O=P([O-])([O-])O.O=P([O-])([O-])O.[Zr+4]. The minimum Gasteiger partial charge on any atom is -0.790 e. The standard InChI is InChI=1S/C8H18O.2H3O4P.Zr/c1-8(2)6-4-3-5-7-9;2*1-5(2,3)4;/h8-9H,3-7H2,1-2H3;2*(H3,1,2,3,4);/q;;;+4/p-4. The van der Waals surface area contributed by atoms with Crippen molar-refractivity contribution in [3.05, 3.63) is 0 Å². The van der Waals surface area contributed by atoms with Gasteiger partial charge in [0.2, 0.25) is 0 Å². The van der Waals surface area contributed by atoms with Crippen LogP contribution in [0.4, 0.5) is 0 Å². The van der Waals surface area contributed by atoms with Gasteiger partial charge in [-0.3, -0.25) is 0 Å². The first kappa shape index (κ1) is 29.1. The Balaban J connectivity index is -0.000000101. The third-order valence-electron chi connectivity index (χ3n) is 1.44. The molecule has 0 aliphatic carbocycles. The predicted molar refractivity (Wildman–Crippen MR) is 60.0 cm³/mol. The van der Waals surface area contributed by atoms with Crippen LogP contribution < -0.4 is 19.6 Å². The summed E-state index contributed by atoms with van der Waals surface area (Å²) in [7, 11) is -10.3. The summed E-state index contributed by atoms with van der Waals surface area (Å²) >= 11 is 0. The second-order valence-corrected chi connectivity index (χ2v) is 5.78. The van der Waals surface area contributed by atoms with Gasteiger partial charge in [-0.2, -0.15) is 0 Å². The van der Waals surface area contributed by atoms with Crippen LogP contribution in [0.1, 0.15) is 39.5 Å². The Morgan fingerprint density at radius 3 is 1.40 bits per heavy atom. The molecule has 3 N–H and O–H groups in total. The van der Waals surface area contributed by atoms with Crippen molar-refractivity contribution in [2.24, 2.45) is 5.92 Å². The van der Waals surface area contributed by atoms with Crippen molar-refractivity contribution in [1.82, 2.24) is 0 Å². The quantitative estimate of drug-likeness (QED) is 0.332. The van der Waals surface area contributed by atoms with Crippen molar-refractivity contribution in [2.75, 3.05) is 6.61 Å². The van der Waals surface area contributed by atoms with Crippen molar-refractivity contribution in [1.29, 1.82) is 0 Å². The van der Waals surface area contributed by atoms with E-state index < -0.39 is 15.6 Å². The molecule has 0 radical (unpaired) electrons. The molecule has 0 spiro atoms. The first-order valence-electron chi connectivity index (χ1n) is 5.37. The molecule has 20 heavy (non-hydrogen) atoms. The van der Waals surface area contributed by atoms with Gasteiger partial charge in [0.05, 0.1) is 15.6 Å². The first-order valence-corrected chi connectivity index (χ1v) is 8.37. The van der Waals surface area contributed by atoms with E-state index in [1.54, 1.807) is 0 Å². The normalized spacial score (nSPS) is 10.7. The van der Waals surface area contributed by atoms with Gasteiger partial charge in [-0.25, -0.2) is 0 Å². The average molecular weight is 413 g/mol. The van der Waals surface area contributed by atoms with Crippen molar-refractivity contribution in [3.63, 3.8) is 0 Å². The zero-order chi connectivity index (χ0) is 16.1. The van der Waals surface area contributed by atoms with E-state index in [1.165, 1.54) is 19.3 Å². The van der Waals surface area contributed by atoms with Gasteiger partial charge in [-0.15, -0.1) is 0 Å². The molecule has 0 saturated heterocycles. The van der Waals surface area contributed by atoms with Crippen LogP contribution in [0.25, 0.3) is 0 Å². The summed E-state index contributed by atoms with van der Waals surface area (Å²) in [5.74, 6) is 0.823. The summed E-state index contributed by atoms with van der Waals surface area (Å²) in [6.45, 7) is 4.83. The van der Waals surface area contributed by atoms with E-state index >= 15 is 0 Å². The number of unbranched alkanes of at least 4 members (excludes halogenated alkanes) is 2. The zero-order valence-electron chi connectivity index (χ0n) is 11.3. The summed E-state index contributed by atoms with van der Waals surface area (Å²) in [6.07, 6.45) is 4.75. The molecule has 0 aromatic rings. The van der Waals surface area contributed by atoms with E-state index in [4.69, 9.17) is 43.6 Å². The monoisotopic (exact) mass is 412 g/mol. The molecule has 0 saturated carbocycles. The molecule has 0 rings (SSSR count). The fourth-order valence-electron chi connectivity index (χ4n) is 0.841. The fourth-order valence-corrected chi connectivity index (χ4v) is 0.841. The topological polar surface area (TPSA) is 187 Å². The molecule has 0 aromatic heterocycles. The summed E-state index contributed by atoms with van der Waals surface area (Å²) < 4.78 is 17.3. The summed E-state index contributed by atoms with van der Waals surface area (Å²) in [6, 6.07) is 0. The summed E-state index contributed by atoms with van der Waals surface area (Å²) in [4.78, 5) is 48.6. The molecule has 0 fully saturated rings. The third kappa shape index (κ3) is 125. The van der Waals surface area contributed by atoms with Gasteiger partial charge in [0.15, 0.2) is 0 Å². The zero-order valence-corrected chi connectivity index (χ0v) is 15.5. The van der Waals surface area contributed by atoms with Crippen LogP contribution in [-0.4, -0.2) is 21.5 Å². The number of hydrogen-bond donors (Lipinski definition) is 3. The van der Waals surface area contributed by atoms with E-state index in [-0.39, 0.29) is 26.2 Å². The van der Waals surface area contributed by atoms with E-state index in [9.17, 15) is 0 Å². The second-order valence-electron chi connectivity index (χ2n) is 3.90. The van der Waals surface area contributed by atoms with Gasteiger partial charge >= 0.3 is 26.2 Å². The van der Waals surface area contributed by atoms with Gasteiger partial charge < -0.3 is 43.6 Å². The van der Waals surface area contributed by atoms with E-state index in [1.807, 2.05) is 0 Å². The molecule has 120 valence electrons. The smallest absolute Gasteiger partial charge is 0.790 e. The van der Waals surface area contributed by atoms with Crippen LogP contribution in [0.2, 0.25) is 0 Å². The summed E-state index contributed by atoms with van der Waals surface area (Å²) in [5, 5.41) is 8.43. The van der Waals surface area contributed by atoms with Crippen molar-refractivity contribution in [3.8, 4) is 0 Å². The molecule has 0 unspecified atom stereocenters. The van der Waals surface area contributed by atoms with E-state index in [2.05, 4.69) is 13.8 Å². The molecule has 0 atom stereocenters. The molecule has 0 aliphatic rings. The Labute approximate surface area is 137 Å². The van der Waals surface area contributed by atoms with E-state index in [0.717, 1.165) is 12.3 Å². The van der Waals surface area contributed by atoms with Crippen LogP contribution in [0, 0.1) is 5.92 Å². The Morgan fingerprint density at radius 2 is 1.20 bits per heavy atom. The van der Waals surface area contributed by atoms with Gasteiger partial charge in [0.1, 0.15) is 0 Å². The number of rotatable bonds is 5. The van der Waals surface area contributed by atoms with Gasteiger partial charge in [-0.05, 0) is 12.3 Å². The number of aliphatic hydroxyl groups excluding tert-OH is 1. The summed E-state index contributed by atoms with van der Waals surface area (Å²) in [5.41, 5.74) is 0. The maximum Gasteiger partial charge on any atom is 4.00 e. The fraction of sp³-hybridized carbons (Fsp3) is 1.00. The second kappa shape index (κ2) is 16.4. The van der Waals surface area contributed by atoms with Crippen LogP contribution >= 0.6 is 15.6 Å². The van der Waals surface area contributed by atoms with Gasteiger partial charge in [0, 0.05) is 6.61 Å². The third-order valence-corrected chi connectivity index (χ3v) is 1.44. The van der Waals surface area contributed by atoms with Crippen LogP contribution in [0.5, 0.6) is 0 Å². The Bertz CT molecular complexity index is 239. The number of hydrogen-bond acceptors (Lipinski definition) is 7. The van der Waals surface area contributed by atoms with Crippen molar-refractivity contribution >= 4 is 15.6 Å². The molecular formula is C8H20O9P2Zr. The van der Waals surface area contributed by atoms with Crippen LogP contribution in [-0.2, 0) is 35.3 Å². The Morgan fingerprint density at radius 1 is 0.900 bits per heavy atom. The predicted octanol–water partition coefficient (Wildman–Crippen LogP) is -2.19. The molecular weight excluding hydrogens is 393 g/mol. The van der Waals surface area contributed by atoms with E-state index in [0.29, 0.717) is 6.61 Å². The van der Waals surface area contributed by atoms with Crippen LogP contribution in [0.15, 0.2) is 0 Å². The average Bonchev–Trinajstić information content (AvgIpc) is 2.06. The molecule has 0 heterocycles. The van der Waals surface area contributed by atoms with Gasteiger partial charge in [-0.1, -0.05) is 33.1 Å². The van der Waals surface area contributed by atoms with Gasteiger partial charge in [0.25, 0.3) is 0 Å².